The molecule has 1 saturated heterocycles. The van der Waals surface area contributed by atoms with Crippen molar-refractivity contribution in [2.75, 3.05) is 18.0 Å². The van der Waals surface area contributed by atoms with Crippen molar-refractivity contribution in [1.29, 1.82) is 0 Å². The fourth-order valence-electron chi connectivity index (χ4n) is 2.02. The Kier molecular flexibility index (Phi) is 4.16. The van der Waals surface area contributed by atoms with E-state index in [2.05, 4.69) is 41.5 Å². The fraction of sp³-hybridized carbons (Fsp3) is 0.286. The molecule has 0 spiro atoms. The fourth-order valence-corrected chi connectivity index (χ4v) is 2.22. The van der Waals surface area contributed by atoms with Gasteiger partial charge in [-0.3, -0.25) is 10.1 Å². The zero-order chi connectivity index (χ0) is 13.8. The molecule has 1 heterocycles. The Morgan fingerprint density at radius 3 is 2.26 bits per heavy atom. The summed E-state index contributed by atoms with van der Waals surface area (Å²) in [6.07, 6.45) is 1.79. The van der Waals surface area contributed by atoms with Crippen LogP contribution in [0.4, 0.5) is 5.69 Å². The summed E-state index contributed by atoms with van der Waals surface area (Å²) in [7, 11) is 0. The molecule has 0 aliphatic carbocycles. The molecule has 0 unspecified atom stereocenters. The van der Waals surface area contributed by atoms with Crippen LogP contribution in [0, 0.1) is 0 Å². The number of benzene rings is 1. The van der Waals surface area contributed by atoms with Crippen molar-refractivity contribution in [2.45, 2.75) is 13.8 Å². The van der Waals surface area contributed by atoms with Crippen LogP contribution in [-0.2, 0) is 4.79 Å². The Morgan fingerprint density at radius 2 is 1.79 bits per heavy atom. The number of nitrogens with zero attached hydrogens (tertiary/aromatic N) is 1. The quantitative estimate of drug-likeness (QED) is 0.650. The van der Waals surface area contributed by atoms with Gasteiger partial charge in [-0.2, -0.15) is 0 Å². The monoisotopic (exact) mass is 275 g/mol. The first-order chi connectivity index (χ1) is 9.13. The van der Waals surface area contributed by atoms with Crippen molar-refractivity contribution in [1.82, 2.24) is 10.6 Å². The van der Waals surface area contributed by atoms with E-state index in [0.717, 1.165) is 18.7 Å². The SMILES string of the molecule is CCN(CC)c1ccc(/C=C2\NC(=S)NC2=O)cc1. The predicted octanol–water partition coefficient (Wildman–Crippen LogP) is 1.88. The summed E-state index contributed by atoms with van der Waals surface area (Å²) in [6, 6.07) is 8.11. The lowest BCUT2D eigenvalue weighted by Crippen LogP contribution is -2.21. The molecule has 4 nitrogen and oxygen atoms in total. The highest BCUT2D eigenvalue weighted by molar-refractivity contribution is 7.80. The minimum absolute atomic E-state index is 0.183. The topological polar surface area (TPSA) is 44.4 Å². The Bertz CT molecular complexity index is 518. The number of carbonyl (C=O) groups is 1. The first kappa shape index (κ1) is 13.5. The molecule has 2 N–H and O–H groups in total. The van der Waals surface area contributed by atoms with Crippen LogP contribution < -0.4 is 15.5 Å². The molecular formula is C14H17N3OS. The molecule has 0 radical (unpaired) electrons. The van der Waals surface area contributed by atoms with Crippen molar-refractivity contribution in [3.63, 3.8) is 0 Å². The van der Waals surface area contributed by atoms with Gasteiger partial charge in [-0.1, -0.05) is 12.1 Å². The second-order valence-electron chi connectivity index (χ2n) is 4.23. The van der Waals surface area contributed by atoms with Crippen LogP contribution in [0.1, 0.15) is 19.4 Å². The van der Waals surface area contributed by atoms with Crippen LogP contribution in [0.2, 0.25) is 0 Å². The molecule has 1 aromatic carbocycles. The molecule has 1 amide bonds. The largest absolute Gasteiger partial charge is 0.372 e. The highest BCUT2D eigenvalue weighted by atomic mass is 32.1. The summed E-state index contributed by atoms with van der Waals surface area (Å²) in [5, 5.41) is 5.73. The maximum absolute atomic E-state index is 11.5. The second kappa shape index (κ2) is 5.84. The van der Waals surface area contributed by atoms with Gasteiger partial charge >= 0.3 is 0 Å². The van der Waals surface area contributed by atoms with Gasteiger partial charge in [0.1, 0.15) is 5.70 Å². The molecule has 0 aromatic heterocycles. The first-order valence-electron chi connectivity index (χ1n) is 6.33. The predicted molar refractivity (Wildman–Crippen MR) is 81.9 cm³/mol. The normalized spacial score (nSPS) is 16.4. The van der Waals surface area contributed by atoms with Crippen LogP contribution in [0.5, 0.6) is 0 Å². The van der Waals surface area contributed by atoms with Crippen molar-refractivity contribution in [3.05, 3.63) is 35.5 Å². The molecule has 0 saturated carbocycles. The van der Waals surface area contributed by atoms with E-state index >= 15 is 0 Å². The molecular weight excluding hydrogens is 258 g/mol. The summed E-state index contributed by atoms with van der Waals surface area (Å²) in [5.41, 5.74) is 2.64. The highest BCUT2D eigenvalue weighted by Crippen LogP contribution is 2.16. The Morgan fingerprint density at radius 1 is 1.16 bits per heavy atom. The number of thiocarbonyl (C=S) groups is 1. The first-order valence-corrected chi connectivity index (χ1v) is 6.74. The van der Waals surface area contributed by atoms with Crippen LogP contribution >= 0.6 is 12.2 Å². The molecule has 100 valence electrons. The number of anilines is 1. The summed E-state index contributed by atoms with van der Waals surface area (Å²) in [4.78, 5) is 13.8. The van der Waals surface area contributed by atoms with E-state index in [0.29, 0.717) is 10.8 Å². The summed E-state index contributed by atoms with van der Waals surface area (Å²) in [5.74, 6) is -0.183. The number of rotatable bonds is 4. The number of carbonyl (C=O) groups excluding carboxylic acids is 1. The third kappa shape index (κ3) is 3.12. The lowest BCUT2D eigenvalue weighted by molar-refractivity contribution is -0.115. The molecule has 2 rings (SSSR count). The van der Waals surface area contributed by atoms with Gasteiger partial charge in [-0.15, -0.1) is 0 Å². The Hall–Kier alpha value is -1.88. The van der Waals surface area contributed by atoms with Crippen molar-refractivity contribution >= 4 is 35.0 Å². The number of nitrogens with one attached hydrogen (secondary N) is 2. The molecule has 19 heavy (non-hydrogen) atoms. The minimum atomic E-state index is -0.183. The van der Waals surface area contributed by atoms with Crippen molar-refractivity contribution < 1.29 is 4.79 Å². The van der Waals surface area contributed by atoms with E-state index in [9.17, 15) is 4.79 Å². The lowest BCUT2D eigenvalue weighted by atomic mass is 10.1. The standard InChI is InChI=1S/C14H17N3OS/c1-3-17(4-2)11-7-5-10(6-8-11)9-12-13(18)16-14(19)15-12/h5-9H,3-4H2,1-2H3,(H2,15,16,18,19)/b12-9-. The maximum atomic E-state index is 11.5. The maximum Gasteiger partial charge on any atom is 0.273 e. The van der Waals surface area contributed by atoms with Crippen molar-refractivity contribution in [2.24, 2.45) is 0 Å². The second-order valence-corrected chi connectivity index (χ2v) is 4.64. The zero-order valence-corrected chi connectivity index (χ0v) is 11.9. The van der Waals surface area contributed by atoms with E-state index in [1.807, 2.05) is 12.1 Å². The van der Waals surface area contributed by atoms with Gasteiger partial charge in [0.15, 0.2) is 5.11 Å². The molecule has 1 aromatic rings. The third-order valence-corrected chi connectivity index (χ3v) is 3.26. The summed E-state index contributed by atoms with van der Waals surface area (Å²) < 4.78 is 0. The van der Waals surface area contributed by atoms with Gasteiger partial charge in [0, 0.05) is 18.8 Å². The highest BCUT2D eigenvalue weighted by Gasteiger charge is 2.19. The summed E-state index contributed by atoms with van der Waals surface area (Å²) in [6.45, 7) is 6.23. The molecule has 1 aliphatic rings. The van der Waals surface area contributed by atoms with Crippen LogP contribution in [-0.4, -0.2) is 24.1 Å². The molecule has 0 atom stereocenters. The van der Waals surface area contributed by atoms with Crippen LogP contribution in [0.3, 0.4) is 0 Å². The van der Waals surface area contributed by atoms with E-state index < -0.39 is 0 Å². The van der Waals surface area contributed by atoms with Gasteiger partial charge in [-0.25, -0.2) is 0 Å². The van der Waals surface area contributed by atoms with E-state index in [1.165, 1.54) is 5.69 Å². The van der Waals surface area contributed by atoms with E-state index in [1.54, 1.807) is 6.08 Å². The van der Waals surface area contributed by atoms with Crippen molar-refractivity contribution in [3.8, 4) is 0 Å². The van der Waals surface area contributed by atoms with Crippen LogP contribution in [0.15, 0.2) is 30.0 Å². The average Bonchev–Trinajstić information content (AvgIpc) is 2.71. The smallest absolute Gasteiger partial charge is 0.273 e. The third-order valence-electron chi connectivity index (χ3n) is 3.05. The molecule has 5 heteroatoms. The number of hydrogen-bond acceptors (Lipinski definition) is 3. The Balaban J connectivity index is 2.17. The zero-order valence-electron chi connectivity index (χ0n) is 11.1. The van der Waals surface area contributed by atoms with E-state index in [4.69, 9.17) is 12.2 Å². The Labute approximate surface area is 118 Å². The van der Waals surface area contributed by atoms with Gasteiger partial charge in [0.25, 0.3) is 5.91 Å². The summed E-state index contributed by atoms with van der Waals surface area (Å²) >= 11 is 4.89. The van der Waals surface area contributed by atoms with Gasteiger partial charge < -0.3 is 10.2 Å². The number of hydrogen-bond donors (Lipinski definition) is 2. The van der Waals surface area contributed by atoms with Gasteiger partial charge in [0.2, 0.25) is 0 Å². The minimum Gasteiger partial charge on any atom is -0.372 e. The number of amides is 1. The van der Waals surface area contributed by atoms with Gasteiger partial charge in [0.05, 0.1) is 0 Å². The lowest BCUT2D eigenvalue weighted by Gasteiger charge is -2.20. The molecule has 1 fully saturated rings. The average molecular weight is 275 g/mol. The molecule has 0 bridgehead atoms. The van der Waals surface area contributed by atoms with E-state index in [-0.39, 0.29) is 5.91 Å². The molecule has 1 aliphatic heterocycles. The van der Waals surface area contributed by atoms with Crippen LogP contribution in [0.25, 0.3) is 6.08 Å². The van der Waals surface area contributed by atoms with Gasteiger partial charge in [-0.05, 0) is 49.8 Å².